The number of rotatable bonds is 7. The van der Waals surface area contributed by atoms with Gasteiger partial charge in [-0.25, -0.2) is 0 Å². The summed E-state index contributed by atoms with van der Waals surface area (Å²) in [5, 5.41) is 9.75. The molecular weight excluding hydrogens is 246 g/mol. The van der Waals surface area contributed by atoms with Gasteiger partial charge in [0.25, 0.3) is 0 Å². The van der Waals surface area contributed by atoms with Crippen LogP contribution >= 0.6 is 0 Å². The summed E-state index contributed by atoms with van der Waals surface area (Å²) in [4.78, 5) is 0. The third-order valence-corrected chi connectivity index (χ3v) is 4.29. The summed E-state index contributed by atoms with van der Waals surface area (Å²) in [7, 11) is 2.04. The SMILES string of the molecule is CCCC(CNC1CC1)Cc1nn(C)c2ccccc12. The fourth-order valence-corrected chi connectivity index (χ4v) is 3.02. The molecule has 0 radical (unpaired) electrons. The molecule has 1 fully saturated rings. The summed E-state index contributed by atoms with van der Waals surface area (Å²) in [5.74, 6) is 0.707. The van der Waals surface area contributed by atoms with Crippen molar-refractivity contribution in [2.45, 2.75) is 45.1 Å². The number of nitrogens with zero attached hydrogens (tertiary/aromatic N) is 2. The predicted molar refractivity (Wildman–Crippen MR) is 83.8 cm³/mol. The number of para-hydroxylation sites is 1. The molecule has 1 aliphatic carbocycles. The highest BCUT2D eigenvalue weighted by molar-refractivity contribution is 5.81. The average molecular weight is 271 g/mol. The fraction of sp³-hybridized carbons (Fsp3) is 0.588. The molecule has 0 spiro atoms. The molecule has 3 rings (SSSR count). The molecule has 2 aromatic rings. The lowest BCUT2D eigenvalue weighted by Crippen LogP contribution is -2.26. The van der Waals surface area contributed by atoms with Crippen LogP contribution in [-0.4, -0.2) is 22.4 Å². The molecule has 0 aliphatic heterocycles. The van der Waals surface area contributed by atoms with Crippen LogP contribution in [0.15, 0.2) is 24.3 Å². The Hall–Kier alpha value is -1.35. The van der Waals surface area contributed by atoms with Crippen molar-refractivity contribution in [3.8, 4) is 0 Å². The Morgan fingerprint density at radius 2 is 2.15 bits per heavy atom. The molecule has 20 heavy (non-hydrogen) atoms. The smallest absolute Gasteiger partial charge is 0.0706 e. The Labute approximate surface area is 121 Å². The first-order chi connectivity index (χ1) is 9.78. The minimum atomic E-state index is 0.707. The van der Waals surface area contributed by atoms with Gasteiger partial charge >= 0.3 is 0 Å². The van der Waals surface area contributed by atoms with E-state index in [9.17, 15) is 0 Å². The number of benzene rings is 1. The van der Waals surface area contributed by atoms with Crippen LogP contribution in [-0.2, 0) is 13.5 Å². The van der Waals surface area contributed by atoms with E-state index in [1.54, 1.807) is 0 Å². The number of aromatic nitrogens is 2. The second-order valence-corrected chi connectivity index (χ2v) is 6.13. The van der Waals surface area contributed by atoms with E-state index in [1.165, 1.54) is 42.3 Å². The maximum Gasteiger partial charge on any atom is 0.0706 e. The first kappa shape index (κ1) is 13.6. The van der Waals surface area contributed by atoms with E-state index in [-0.39, 0.29) is 0 Å². The van der Waals surface area contributed by atoms with Crippen LogP contribution in [0.25, 0.3) is 10.9 Å². The van der Waals surface area contributed by atoms with E-state index in [2.05, 4.69) is 36.5 Å². The van der Waals surface area contributed by atoms with Gasteiger partial charge in [-0.3, -0.25) is 4.68 Å². The molecule has 0 bridgehead atoms. The quantitative estimate of drug-likeness (QED) is 0.837. The van der Waals surface area contributed by atoms with Gasteiger partial charge in [-0.05, 0) is 44.2 Å². The van der Waals surface area contributed by atoms with Crippen LogP contribution in [0.4, 0.5) is 0 Å². The van der Waals surface area contributed by atoms with Crippen molar-refractivity contribution in [2.75, 3.05) is 6.54 Å². The topological polar surface area (TPSA) is 29.9 Å². The van der Waals surface area contributed by atoms with E-state index in [1.807, 2.05) is 11.7 Å². The summed E-state index contributed by atoms with van der Waals surface area (Å²) in [5.41, 5.74) is 2.51. The Morgan fingerprint density at radius 1 is 1.35 bits per heavy atom. The molecular formula is C17H25N3. The number of fused-ring (bicyclic) bond motifs is 1. The van der Waals surface area contributed by atoms with Gasteiger partial charge in [0.2, 0.25) is 0 Å². The number of hydrogen-bond donors (Lipinski definition) is 1. The maximum absolute atomic E-state index is 4.74. The van der Waals surface area contributed by atoms with Crippen molar-refractivity contribution in [1.29, 1.82) is 0 Å². The standard InChI is InChI=1S/C17H25N3/c1-3-6-13(12-18-14-9-10-14)11-16-15-7-4-5-8-17(15)20(2)19-16/h4-5,7-8,13-14,18H,3,6,9-12H2,1-2H3. The lowest BCUT2D eigenvalue weighted by molar-refractivity contribution is 0.433. The molecule has 108 valence electrons. The largest absolute Gasteiger partial charge is 0.314 e. The number of nitrogens with one attached hydrogen (secondary N) is 1. The van der Waals surface area contributed by atoms with Crippen molar-refractivity contribution in [2.24, 2.45) is 13.0 Å². The second-order valence-electron chi connectivity index (χ2n) is 6.13. The molecule has 1 aromatic heterocycles. The Morgan fingerprint density at radius 3 is 2.90 bits per heavy atom. The summed E-state index contributed by atoms with van der Waals surface area (Å²) in [6.45, 7) is 3.42. The Kier molecular flexibility index (Phi) is 4.06. The summed E-state index contributed by atoms with van der Waals surface area (Å²) >= 11 is 0. The molecule has 0 amide bonds. The van der Waals surface area contributed by atoms with Gasteiger partial charge in [0.15, 0.2) is 0 Å². The molecule has 1 unspecified atom stereocenters. The highest BCUT2D eigenvalue weighted by Crippen LogP contribution is 2.23. The number of aryl methyl sites for hydroxylation is 1. The molecule has 1 aliphatic rings. The fourth-order valence-electron chi connectivity index (χ4n) is 3.02. The number of hydrogen-bond acceptors (Lipinski definition) is 2. The zero-order valence-corrected chi connectivity index (χ0v) is 12.6. The summed E-state index contributed by atoms with van der Waals surface area (Å²) in [6.07, 6.45) is 6.36. The third kappa shape index (κ3) is 3.04. The lowest BCUT2D eigenvalue weighted by atomic mass is 9.96. The van der Waals surface area contributed by atoms with Crippen LogP contribution in [0, 0.1) is 5.92 Å². The molecule has 1 aromatic carbocycles. The van der Waals surface area contributed by atoms with Gasteiger partial charge in [-0.1, -0.05) is 31.5 Å². The van der Waals surface area contributed by atoms with Gasteiger partial charge in [0.05, 0.1) is 11.2 Å². The molecule has 3 nitrogen and oxygen atoms in total. The van der Waals surface area contributed by atoms with Crippen LogP contribution in [0.3, 0.4) is 0 Å². The first-order valence-electron chi connectivity index (χ1n) is 7.92. The third-order valence-electron chi connectivity index (χ3n) is 4.29. The second kappa shape index (κ2) is 5.96. The Bertz CT molecular complexity index is 569. The van der Waals surface area contributed by atoms with Gasteiger partial charge < -0.3 is 5.32 Å². The van der Waals surface area contributed by atoms with Gasteiger partial charge in [0.1, 0.15) is 0 Å². The van der Waals surface area contributed by atoms with E-state index < -0.39 is 0 Å². The lowest BCUT2D eigenvalue weighted by Gasteiger charge is -2.15. The highest BCUT2D eigenvalue weighted by Gasteiger charge is 2.22. The van der Waals surface area contributed by atoms with Crippen LogP contribution in [0.1, 0.15) is 38.3 Å². The van der Waals surface area contributed by atoms with Gasteiger partial charge in [-0.2, -0.15) is 5.10 Å². The molecule has 1 heterocycles. The van der Waals surface area contributed by atoms with E-state index in [4.69, 9.17) is 5.10 Å². The molecule has 3 heteroatoms. The predicted octanol–water partition coefficient (Wildman–Crippen LogP) is 3.28. The molecule has 1 atom stereocenters. The van der Waals surface area contributed by atoms with Crippen molar-refractivity contribution in [3.05, 3.63) is 30.0 Å². The van der Waals surface area contributed by atoms with Gasteiger partial charge in [-0.15, -0.1) is 0 Å². The highest BCUT2D eigenvalue weighted by atomic mass is 15.3. The van der Waals surface area contributed by atoms with Crippen molar-refractivity contribution < 1.29 is 0 Å². The molecule has 0 saturated heterocycles. The monoisotopic (exact) mass is 271 g/mol. The van der Waals surface area contributed by atoms with E-state index in [0.29, 0.717) is 5.92 Å². The van der Waals surface area contributed by atoms with Crippen LogP contribution in [0.5, 0.6) is 0 Å². The van der Waals surface area contributed by atoms with Crippen molar-refractivity contribution in [1.82, 2.24) is 15.1 Å². The maximum atomic E-state index is 4.74. The zero-order chi connectivity index (χ0) is 13.9. The summed E-state index contributed by atoms with van der Waals surface area (Å²) in [6, 6.07) is 9.37. The van der Waals surface area contributed by atoms with Gasteiger partial charge in [0, 0.05) is 18.5 Å². The average Bonchev–Trinajstić information content (AvgIpc) is 3.23. The normalized spacial score (nSPS) is 16.7. The Balaban J connectivity index is 1.74. The molecule has 1 N–H and O–H groups in total. The van der Waals surface area contributed by atoms with Crippen molar-refractivity contribution in [3.63, 3.8) is 0 Å². The van der Waals surface area contributed by atoms with Crippen LogP contribution in [0.2, 0.25) is 0 Å². The summed E-state index contributed by atoms with van der Waals surface area (Å²) < 4.78 is 2.02. The zero-order valence-electron chi connectivity index (χ0n) is 12.6. The van der Waals surface area contributed by atoms with E-state index >= 15 is 0 Å². The van der Waals surface area contributed by atoms with Crippen LogP contribution < -0.4 is 5.32 Å². The van der Waals surface area contributed by atoms with E-state index in [0.717, 1.165) is 19.0 Å². The first-order valence-corrected chi connectivity index (χ1v) is 7.92. The minimum Gasteiger partial charge on any atom is -0.314 e. The minimum absolute atomic E-state index is 0.707. The molecule has 1 saturated carbocycles. The van der Waals surface area contributed by atoms with Crippen molar-refractivity contribution >= 4 is 10.9 Å².